The van der Waals surface area contributed by atoms with E-state index in [1.807, 2.05) is 0 Å². The van der Waals surface area contributed by atoms with E-state index in [-0.39, 0.29) is 17.2 Å². The van der Waals surface area contributed by atoms with Crippen LogP contribution in [0.15, 0.2) is 18.2 Å². The van der Waals surface area contributed by atoms with Crippen LogP contribution in [0.1, 0.15) is 44.0 Å². The number of aryl methyl sites for hydroxylation is 1. The van der Waals surface area contributed by atoms with Crippen molar-refractivity contribution in [1.82, 2.24) is 10.3 Å². The van der Waals surface area contributed by atoms with Gasteiger partial charge in [0.15, 0.2) is 0 Å². The van der Waals surface area contributed by atoms with Gasteiger partial charge in [-0.15, -0.1) is 0 Å². The van der Waals surface area contributed by atoms with Gasteiger partial charge in [0, 0.05) is 35.6 Å². The molecule has 2 aromatic rings. The summed E-state index contributed by atoms with van der Waals surface area (Å²) in [6.45, 7) is 7.75. The first kappa shape index (κ1) is 16.1. The van der Waals surface area contributed by atoms with Crippen molar-refractivity contribution in [3.63, 3.8) is 0 Å². The fourth-order valence-corrected chi connectivity index (χ4v) is 3.45. The Bertz CT molecular complexity index is 724. The minimum absolute atomic E-state index is 0.0614. The minimum Gasteiger partial charge on any atom is -0.358 e. The van der Waals surface area contributed by atoms with Gasteiger partial charge in [-0.25, -0.2) is 0 Å². The predicted molar refractivity (Wildman–Crippen MR) is 94.6 cm³/mol. The van der Waals surface area contributed by atoms with Crippen LogP contribution in [0, 0.1) is 5.92 Å². The molecule has 1 amide bonds. The summed E-state index contributed by atoms with van der Waals surface area (Å²) in [6, 6.07) is 6.68. The van der Waals surface area contributed by atoms with E-state index in [1.165, 1.54) is 27.7 Å². The van der Waals surface area contributed by atoms with Gasteiger partial charge in [-0.1, -0.05) is 26.8 Å². The Morgan fingerprint density at radius 2 is 2.17 bits per heavy atom. The third-order valence-electron chi connectivity index (χ3n) is 4.87. The molecule has 0 spiro atoms. The second kappa shape index (κ2) is 6.00. The number of fused-ring (bicyclic) bond motifs is 3. The van der Waals surface area contributed by atoms with E-state index in [1.54, 1.807) is 0 Å². The highest BCUT2D eigenvalue weighted by molar-refractivity contribution is 5.87. The number of hydrogen-bond donors (Lipinski definition) is 3. The SMILES string of the molecule is CC(C)(C)c1ccc2[nH]c3c(c2c1)CC(C(=O)NCCN)CC3. The Hall–Kier alpha value is -1.81. The monoisotopic (exact) mass is 313 g/mol. The molecule has 124 valence electrons. The summed E-state index contributed by atoms with van der Waals surface area (Å²) in [5.74, 6) is 0.203. The lowest BCUT2D eigenvalue weighted by atomic mass is 9.83. The second-order valence-corrected chi connectivity index (χ2v) is 7.61. The molecule has 0 bridgehead atoms. The van der Waals surface area contributed by atoms with Crippen molar-refractivity contribution in [2.75, 3.05) is 13.1 Å². The first-order chi connectivity index (χ1) is 10.9. The molecule has 1 aliphatic carbocycles. The number of H-pyrrole nitrogens is 1. The number of aromatic nitrogens is 1. The summed E-state index contributed by atoms with van der Waals surface area (Å²) in [4.78, 5) is 15.8. The summed E-state index contributed by atoms with van der Waals surface area (Å²) >= 11 is 0. The van der Waals surface area contributed by atoms with Crippen molar-refractivity contribution in [1.29, 1.82) is 0 Å². The highest BCUT2D eigenvalue weighted by Gasteiger charge is 2.27. The number of benzene rings is 1. The molecule has 0 saturated carbocycles. The highest BCUT2D eigenvalue weighted by atomic mass is 16.1. The summed E-state index contributed by atoms with van der Waals surface area (Å²) in [6.07, 6.45) is 2.66. The lowest BCUT2D eigenvalue weighted by Gasteiger charge is -2.22. The molecule has 1 heterocycles. The molecule has 1 aromatic heterocycles. The van der Waals surface area contributed by atoms with Crippen LogP contribution in [0.2, 0.25) is 0 Å². The van der Waals surface area contributed by atoms with Gasteiger partial charge in [-0.2, -0.15) is 0 Å². The molecule has 1 unspecified atom stereocenters. The van der Waals surface area contributed by atoms with Crippen molar-refractivity contribution < 1.29 is 4.79 Å². The minimum atomic E-state index is 0.0614. The van der Waals surface area contributed by atoms with Gasteiger partial charge in [-0.3, -0.25) is 4.79 Å². The maximum atomic E-state index is 12.3. The lowest BCUT2D eigenvalue weighted by molar-refractivity contribution is -0.125. The van der Waals surface area contributed by atoms with Crippen LogP contribution in [0.3, 0.4) is 0 Å². The second-order valence-electron chi connectivity index (χ2n) is 7.61. The van der Waals surface area contributed by atoms with Crippen LogP contribution < -0.4 is 11.1 Å². The Morgan fingerprint density at radius 1 is 1.39 bits per heavy atom. The molecule has 4 nitrogen and oxygen atoms in total. The average Bonchev–Trinajstić information content (AvgIpc) is 2.88. The standard InChI is InChI=1S/C19H27N3O/c1-19(2,3)13-5-7-17-15(11-13)14-10-12(4-6-16(14)22-17)18(23)21-9-8-20/h5,7,11-12,22H,4,6,8-10,20H2,1-3H3,(H,21,23). The highest BCUT2D eigenvalue weighted by Crippen LogP contribution is 2.34. The van der Waals surface area contributed by atoms with Gasteiger partial charge in [-0.05, 0) is 47.9 Å². The molecule has 1 aromatic carbocycles. The zero-order chi connectivity index (χ0) is 16.6. The topological polar surface area (TPSA) is 70.9 Å². The van der Waals surface area contributed by atoms with Crippen LogP contribution in [0.25, 0.3) is 10.9 Å². The van der Waals surface area contributed by atoms with Gasteiger partial charge in [0.2, 0.25) is 5.91 Å². The number of aromatic amines is 1. The van der Waals surface area contributed by atoms with Gasteiger partial charge >= 0.3 is 0 Å². The number of nitrogens with two attached hydrogens (primary N) is 1. The predicted octanol–water partition coefficient (Wildman–Crippen LogP) is 2.65. The lowest BCUT2D eigenvalue weighted by Crippen LogP contribution is -2.36. The van der Waals surface area contributed by atoms with Crippen molar-refractivity contribution in [2.24, 2.45) is 11.7 Å². The van der Waals surface area contributed by atoms with Crippen molar-refractivity contribution in [2.45, 2.75) is 45.4 Å². The van der Waals surface area contributed by atoms with E-state index in [9.17, 15) is 4.79 Å². The van der Waals surface area contributed by atoms with E-state index in [4.69, 9.17) is 5.73 Å². The molecule has 0 aliphatic heterocycles. The van der Waals surface area contributed by atoms with E-state index >= 15 is 0 Å². The van der Waals surface area contributed by atoms with Crippen LogP contribution in [0.5, 0.6) is 0 Å². The fraction of sp³-hybridized carbons (Fsp3) is 0.526. The smallest absolute Gasteiger partial charge is 0.223 e. The van der Waals surface area contributed by atoms with Crippen molar-refractivity contribution in [3.8, 4) is 0 Å². The molecule has 3 rings (SSSR count). The molecule has 4 heteroatoms. The molecule has 0 saturated heterocycles. The number of rotatable bonds is 3. The first-order valence-corrected chi connectivity index (χ1v) is 8.52. The van der Waals surface area contributed by atoms with Crippen LogP contribution in [-0.4, -0.2) is 24.0 Å². The maximum absolute atomic E-state index is 12.3. The number of hydrogen-bond acceptors (Lipinski definition) is 2. The molecule has 0 radical (unpaired) electrons. The molecular formula is C19H27N3O. The molecule has 1 atom stereocenters. The normalized spacial score (nSPS) is 18.0. The van der Waals surface area contributed by atoms with E-state index < -0.39 is 0 Å². The van der Waals surface area contributed by atoms with Gasteiger partial charge in [0.25, 0.3) is 0 Å². The molecule has 1 aliphatic rings. The summed E-state index contributed by atoms with van der Waals surface area (Å²) in [7, 11) is 0. The Kier molecular flexibility index (Phi) is 4.19. The quantitative estimate of drug-likeness (QED) is 0.815. The molecule has 0 fully saturated rings. The Morgan fingerprint density at radius 3 is 2.87 bits per heavy atom. The van der Waals surface area contributed by atoms with E-state index in [0.717, 1.165) is 19.3 Å². The summed E-state index contributed by atoms with van der Waals surface area (Å²) < 4.78 is 0. The van der Waals surface area contributed by atoms with Crippen LogP contribution >= 0.6 is 0 Å². The maximum Gasteiger partial charge on any atom is 0.223 e. The average molecular weight is 313 g/mol. The van der Waals surface area contributed by atoms with E-state index in [2.05, 4.69) is 49.3 Å². The van der Waals surface area contributed by atoms with E-state index in [0.29, 0.717) is 13.1 Å². The number of amides is 1. The van der Waals surface area contributed by atoms with Gasteiger partial charge in [0.05, 0.1) is 0 Å². The fourth-order valence-electron chi connectivity index (χ4n) is 3.45. The number of nitrogens with one attached hydrogen (secondary N) is 2. The molecular weight excluding hydrogens is 286 g/mol. The van der Waals surface area contributed by atoms with Crippen LogP contribution in [-0.2, 0) is 23.1 Å². The van der Waals surface area contributed by atoms with Crippen molar-refractivity contribution in [3.05, 3.63) is 35.0 Å². The first-order valence-electron chi connectivity index (χ1n) is 8.52. The van der Waals surface area contributed by atoms with Crippen molar-refractivity contribution >= 4 is 16.8 Å². The Balaban J connectivity index is 1.92. The third kappa shape index (κ3) is 3.13. The largest absolute Gasteiger partial charge is 0.358 e. The number of carbonyl (C=O) groups excluding carboxylic acids is 1. The zero-order valence-corrected chi connectivity index (χ0v) is 14.3. The van der Waals surface area contributed by atoms with Crippen LogP contribution in [0.4, 0.5) is 0 Å². The Labute approximate surface area is 137 Å². The summed E-state index contributed by atoms with van der Waals surface area (Å²) in [5.41, 5.74) is 10.8. The van der Waals surface area contributed by atoms with Gasteiger partial charge in [0.1, 0.15) is 0 Å². The number of carbonyl (C=O) groups is 1. The zero-order valence-electron chi connectivity index (χ0n) is 14.3. The summed E-state index contributed by atoms with van der Waals surface area (Å²) in [5, 5.41) is 4.22. The molecule has 4 N–H and O–H groups in total. The third-order valence-corrected chi connectivity index (χ3v) is 4.87. The van der Waals surface area contributed by atoms with Gasteiger partial charge < -0.3 is 16.0 Å². The molecule has 23 heavy (non-hydrogen) atoms.